The molecule has 0 aromatic carbocycles. The SMILES string of the molecule is CCNC(CSC1CCCCC1)c1ccco1. The Kier molecular flexibility index (Phi) is 5.46. The van der Waals surface area contributed by atoms with E-state index in [0.29, 0.717) is 6.04 Å². The third-order valence-corrected chi connectivity index (χ3v) is 4.86. The van der Waals surface area contributed by atoms with E-state index in [4.69, 9.17) is 4.42 Å². The zero-order valence-electron chi connectivity index (χ0n) is 10.7. The van der Waals surface area contributed by atoms with Crippen molar-refractivity contribution in [3.05, 3.63) is 24.2 Å². The molecule has 1 fully saturated rings. The van der Waals surface area contributed by atoms with Gasteiger partial charge in [0, 0.05) is 11.0 Å². The zero-order chi connectivity index (χ0) is 11.9. The Morgan fingerprint density at radius 3 is 2.88 bits per heavy atom. The third kappa shape index (κ3) is 4.07. The molecule has 1 aromatic rings. The van der Waals surface area contributed by atoms with Crippen LogP contribution in [0.2, 0.25) is 0 Å². The molecule has 1 atom stereocenters. The van der Waals surface area contributed by atoms with Crippen LogP contribution >= 0.6 is 11.8 Å². The maximum Gasteiger partial charge on any atom is 0.121 e. The molecule has 1 saturated carbocycles. The topological polar surface area (TPSA) is 25.2 Å². The predicted octanol–water partition coefficient (Wildman–Crippen LogP) is 4.00. The van der Waals surface area contributed by atoms with Crippen molar-refractivity contribution in [2.24, 2.45) is 0 Å². The highest BCUT2D eigenvalue weighted by Gasteiger charge is 2.18. The van der Waals surface area contributed by atoms with Gasteiger partial charge in [-0.25, -0.2) is 0 Å². The van der Waals surface area contributed by atoms with Crippen molar-refractivity contribution < 1.29 is 4.42 Å². The van der Waals surface area contributed by atoms with Crippen LogP contribution in [0.5, 0.6) is 0 Å². The summed E-state index contributed by atoms with van der Waals surface area (Å²) in [7, 11) is 0. The zero-order valence-corrected chi connectivity index (χ0v) is 11.5. The molecule has 1 heterocycles. The molecule has 2 nitrogen and oxygen atoms in total. The van der Waals surface area contributed by atoms with Gasteiger partial charge < -0.3 is 9.73 Å². The Balaban J connectivity index is 1.81. The van der Waals surface area contributed by atoms with Crippen molar-refractivity contribution in [3.8, 4) is 0 Å². The normalized spacial score (nSPS) is 19.4. The molecular weight excluding hydrogens is 230 g/mol. The second kappa shape index (κ2) is 7.12. The summed E-state index contributed by atoms with van der Waals surface area (Å²) >= 11 is 2.12. The highest BCUT2D eigenvalue weighted by atomic mass is 32.2. The maximum atomic E-state index is 5.51. The van der Waals surface area contributed by atoms with Gasteiger partial charge in [0.15, 0.2) is 0 Å². The van der Waals surface area contributed by atoms with Crippen LogP contribution < -0.4 is 5.32 Å². The summed E-state index contributed by atoms with van der Waals surface area (Å²) in [5.74, 6) is 2.21. The first-order valence-corrected chi connectivity index (χ1v) is 7.83. The first-order valence-electron chi connectivity index (χ1n) is 6.78. The lowest BCUT2D eigenvalue weighted by Gasteiger charge is -2.23. The average molecular weight is 253 g/mol. The quantitative estimate of drug-likeness (QED) is 0.829. The van der Waals surface area contributed by atoms with E-state index >= 15 is 0 Å². The van der Waals surface area contributed by atoms with Gasteiger partial charge in [-0.15, -0.1) is 0 Å². The highest BCUT2D eigenvalue weighted by Crippen LogP contribution is 2.31. The minimum absolute atomic E-state index is 0.377. The summed E-state index contributed by atoms with van der Waals surface area (Å²) in [6.07, 6.45) is 8.86. The number of thioether (sulfide) groups is 1. The van der Waals surface area contributed by atoms with Gasteiger partial charge in [-0.05, 0) is 31.5 Å². The monoisotopic (exact) mass is 253 g/mol. The minimum Gasteiger partial charge on any atom is -0.468 e. The van der Waals surface area contributed by atoms with Crippen LogP contribution in [-0.2, 0) is 0 Å². The molecule has 0 amide bonds. The standard InChI is InChI=1S/C14H23NOS/c1-2-15-13(14-9-6-10-16-14)11-17-12-7-4-3-5-8-12/h6,9-10,12-13,15H,2-5,7-8,11H2,1H3. The fraction of sp³-hybridized carbons (Fsp3) is 0.714. The molecule has 0 aliphatic heterocycles. The lowest BCUT2D eigenvalue weighted by molar-refractivity contribution is 0.439. The Bertz CT molecular complexity index is 293. The van der Waals surface area contributed by atoms with E-state index in [1.165, 1.54) is 32.1 Å². The second-order valence-electron chi connectivity index (χ2n) is 4.72. The lowest BCUT2D eigenvalue weighted by atomic mass is 10.0. The van der Waals surface area contributed by atoms with E-state index in [1.54, 1.807) is 6.26 Å². The van der Waals surface area contributed by atoms with Crippen molar-refractivity contribution in [2.45, 2.75) is 50.3 Å². The van der Waals surface area contributed by atoms with Crippen LogP contribution in [0.15, 0.2) is 22.8 Å². The number of nitrogens with one attached hydrogen (secondary N) is 1. The van der Waals surface area contributed by atoms with Crippen LogP contribution in [0.3, 0.4) is 0 Å². The molecule has 0 radical (unpaired) electrons. The molecule has 1 unspecified atom stereocenters. The summed E-state index contributed by atoms with van der Waals surface area (Å²) in [4.78, 5) is 0. The highest BCUT2D eigenvalue weighted by molar-refractivity contribution is 7.99. The van der Waals surface area contributed by atoms with Gasteiger partial charge >= 0.3 is 0 Å². The Labute approximate surface area is 109 Å². The van der Waals surface area contributed by atoms with Crippen LogP contribution in [-0.4, -0.2) is 17.5 Å². The molecule has 1 aliphatic rings. The fourth-order valence-corrected chi connectivity index (χ4v) is 3.86. The fourth-order valence-electron chi connectivity index (χ4n) is 2.44. The van der Waals surface area contributed by atoms with E-state index in [9.17, 15) is 0 Å². The molecule has 0 bridgehead atoms. The van der Waals surface area contributed by atoms with Crippen LogP contribution in [0.1, 0.15) is 50.8 Å². The molecule has 1 aromatic heterocycles. The van der Waals surface area contributed by atoms with Crippen LogP contribution in [0, 0.1) is 0 Å². The number of hydrogen-bond donors (Lipinski definition) is 1. The molecule has 2 rings (SSSR count). The van der Waals surface area contributed by atoms with Crippen LogP contribution in [0.25, 0.3) is 0 Å². The first-order chi connectivity index (χ1) is 8.40. The molecule has 96 valence electrons. The Morgan fingerprint density at radius 2 is 2.24 bits per heavy atom. The smallest absolute Gasteiger partial charge is 0.121 e. The van der Waals surface area contributed by atoms with Crippen molar-refractivity contribution in [2.75, 3.05) is 12.3 Å². The van der Waals surface area contributed by atoms with E-state index in [-0.39, 0.29) is 0 Å². The molecule has 0 spiro atoms. The van der Waals surface area contributed by atoms with E-state index in [0.717, 1.165) is 23.3 Å². The predicted molar refractivity (Wildman–Crippen MR) is 74.5 cm³/mol. The summed E-state index contributed by atoms with van der Waals surface area (Å²) in [6.45, 7) is 3.15. The number of furan rings is 1. The van der Waals surface area contributed by atoms with Crippen molar-refractivity contribution in [3.63, 3.8) is 0 Å². The van der Waals surface area contributed by atoms with Crippen molar-refractivity contribution >= 4 is 11.8 Å². The largest absolute Gasteiger partial charge is 0.468 e. The minimum atomic E-state index is 0.377. The Hall–Kier alpha value is -0.410. The maximum absolute atomic E-state index is 5.51. The summed E-state index contributed by atoms with van der Waals surface area (Å²) in [5, 5.41) is 4.38. The van der Waals surface area contributed by atoms with Gasteiger partial charge in [-0.3, -0.25) is 0 Å². The molecule has 0 saturated heterocycles. The van der Waals surface area contributed by atoms with E-state index in [1.807, 2.05) is 6.07 Å². The summed E-state index contributed by atoms with van der Waals surface area (Å²) < 4.78 is 5.51. The summed E-state index contributed by atoms with van der Waals surface area (Å²) in [5.41, 5.74) is 0. The first kappa shape index (κ1) is 13.0. The van der Waals surface area contributed by atoms with Crippen LogP contribution in [0.4, 0.5) is 0 Å². The molecule has 17 heavy (non-hydrogen) atoms. The van der Waals surface area contributed by atoms with Gasteiger partial charge in [0.1, 0.15) is 5.76 Å². The van der Waals surface area contributed by atoms with E-state index < -0.39 is 0 Å². The van der Waals surface area contributed by atoms with Gasteiger partial charge in [0.2, 0.25) is 0 Å². The van der Waals surface area contributed by atoms with Crippen molar-refractivity contribution in [1.29, 1.82) is 0 Å². The molecule has 3 heteroatoms. The van der Waals surface area contributed by atoms with Gasteiger partial charge in [0.25, 0.3) is 0 Å². The molecular formula is C14H23NOS. The summed E-state index contributed by atoms with van der Waals surface area (Å²) in [6, 6.07) is 4.43. The molecule has 1 N–H and O–H groups in total. The Morgan fingerprint density at radius 1 is 1.41 bits per heavy atom. The third-order valence-electron chi connectivity index (χ3n) is 3.39. The lowest BCUT2D eigenvalue weighted by Crippen LogP contribution is -2.24. The van der Waals surface area contributed by atoms with Gasteiger partial charge in [0.05, 0.1) is 12.3 Å². The van der Waals surface area contributed by atoms with Crippen molar-refractivity contribution in [1.82, 2.24) is 5.32 Å². The molecule has 1 aliphatic carbocycles. The van der Waals surface area contributed by atoms with Gasteiger partial charge in [-0.1, -0.05) is 26.2 Å². The van der Waals surface area contributed by atoms with Gasteiger partial charge in [-0.2, -0.15) is 11.8 Å². The second-order valence-corrected chi connectivity index (χ2v) is 6.05. The number of hydrogen-bond acceptors (Lipinski definition) is 3. The average Bonchev–Trinajstić information content (AvgIpc) is 2.89. The van der Waals surface area contributed by atoms with E-state index in [2.05, 4.69) is 30.1 Å². The number of rotatable bonds is 6.